The quantitative estimate of drug-likeness (QED) is 0.878. The van der Waals surface area contributed by atoms with Gasteiger partial charge in [-0.1, -0.05) is 23.2 Å². The highest BCUT2D eigenvalue weighted by Gasteiger charge is 2.14. The minimum atomic E-state index is -0.443. The first-order chi connectivity index (χ1) is 10.5. The Morgan fingerprint density at radius 2 is 2.09 bits per heavy atom. The SMILES string of the molecule is Cc1nccc(CNC(=O)[C@@H](C)Nc2ccc(Cl)cc2Cl)n1. The number of benzene rings is 1. The Bertz CT molecular complexity index is 678. The van der Waals surface area contributed by atoms with Crippen LogP contribution in [0.4, 0.5) is 5.69 Å². The molecule has 116 valence electrons. The van der Waals surface area contributed by atoms with Crippen molar-refractivity contribution in [2.45, 2.75) is 26.4 Å². The number of hydrogen-bond acceptors (Lipinski definition) is 4. The van der Waals surface area contributed by atoms with Crippen LogP contribution in [0.5, 0.6) is 0 Å². The molecular weight excluding hydrogens is 323 g/mol. The Labute approximate surface area is 139 Å². The first-order valence-electron chi connectivity index (χ1n) is 6.73. The minimum Gasteiger partial charge on any atom is -0.373 e. The first kappa shape index (κ1) is 16.5. The molecule has 0 aliphatic heterocycles. The number of carbonyl (C=O) groups excluding carboxylic acids is 1. The van der Waals surface area contributed by atoms with Crippen LogP contribution in [0.25, 0.3) is 0 Å². The molecule has 0 radical (unpaired) electrons. The van der Waals surface area contributed by atoms with Gasteiger partial charge in [-0.2, -0.15) is 0 Å². The molecular formula is C15H16Cl2N4O. The number of rotatable bonds is 5. The number of nitrogens with zero attached hydrogens (tertiary/aromatic N) is 2. The van der Waals surface area contributed by atoms with E-state index < -0.39 is 6.04 Å². The fourth-order valence-electron chi connectivity index (χ4n) is 1.84. The van der Waals surface area contributed by atoms with E-state index in [1.54, 1.807) is 44.3 Å². The summed E-state index contributed by atoms with van der Waals surface area (Å²) in [4.78, 5) is 20.3. The number of halogens is 2. The van der Waals surface area contributed by atoms with Gasteiger partial charge in [0, 0.05) is 11.2 Å². The summed E-state index contributed by atoms with van der Waals surface area (Å²) in [6, 6.07) is 6.40. The molecule has 2 rings (SSSR count). The van der Waals surface area contributed by atoms with Gasteiger partial charge in [-0.15, -0.1) is 0 Å². The van der Waals surface area contributed by atoms with E-state index in [4.69, 9.17) is 23.2 Å². The maximum atomic E-state index is 12.1. The van der Waals surface area contributed by atoms with E-state index in [9.17, 15) is 4.79 Å². The molecule has 1 atom stereocenters. The van der Waals surface area contributed by atoms with Gasteiger partial charge in [-0.05, 0) is 38.1 Å². The summed E-state index contributed by atoms with van der Waals surface area (Å²) in [5.74, 6) is 0.521. The van der Waals surface area contributed by atoms with Gasteiger partial charge in [-0.3, -0.25) is 4.79 Å². The third-order valence-electron chi connectivity index (χ3n) is 2.97. The molecule has 0 saturated carbocycles. The molecule has 7 heteroatoms. The molecule has 0 aliphatic rings. The third kappa shape index (κ3) is 4.58. The van der Waals surface area contributed by atoms with E-state index in [0.717, 1.165) is 5.69 Å². The lowest BCUT2D eigenvalue weighted by molar-refractivity contribution is -0.121. The number of hydrogen-bond donors (Lipinski definition) is 2. The molecule has 1 heterocycles. The predicted molar refractivity (Wildman–Crippen MR) is 88.2 cm³/mol. The van der Waals surface area contributed by atoms with Crippen molar-refractivity contribution in [2.75, 3.05) is 5.32 Å². The van der Waals surface area contributed by atoms with Crippen molar-refractivity contribution in [3.05, 3.63) is 52.0 Å². The Morgan fingerprint density at radius 1 is 1.32 bits per heavy atom. The Kier molecular flexibility index (Phi) is 5.57. The molecule has 1 amide bonds. The lowest BCUT2D eigenvalue weighted by Gasteiger charge is -2.16. The van der Waals surface area contributed by atoms with Gasteiger partial charge in [0.2, 0.25) is 5.91 Å². The Morgan fingerprint density at radius 3 is 2.77 bits per heavy atom. The first-order valence-corrected chi connectivity index (χ1v) is 7.49. The molecule has 2 N–H and O–H groups in total. The largest absolute Gasteiger partial charge is 0.373 e. The van der Waals surface area contributed by atoms with E-state index in [2.05, 4.69) is 20.6 Å². The van der Waals surface area contributed by atoms with E-state index in [1.807, 2.05) is 0 Å². The van der Waals surface area contributed by atoms with Crippen LogP contribution in [0.15, 0.2) is 30.5 Å². The molecule has 22 heavy (non-hydrogen) atoms. The monoisotopic (exact) mass is 338 g/mol. The second kappa shape index (κ2) is 7.42. The average molecular weight is 339 g/mol. The lowest BCUT2D eigenvalue weighted by atomic mass is 10.2. The second-order valence-electron chi connectivity index (χ2n) is 4.80. The number of aromatic nitrogens is 2. The molecule has 0 spiro atoms. The van der Waals surface area contributed by atoms with Crippen molar-refractivity contribution in [2.24, 2.45) is 0 Å². The molecule has 0 fully saturated rings. The van der Waals surface area contributed by atoms with Crippen molar-refractivity contribution in [1.29, 1.82) is 0 Å². The summed E-state index contributed by atoms with van der Waals surface area (Å²) in [5.41, 5.74) is 1.42. The van der Waals surface area contributed by atoms with Crippen LogP contribution in [0.1, 0.15) is 18.4 Å². The molecule has 1 aromatic heterocycles. The lowest BCUT2D eigenvalue weighted by Crippen LogP contribution is -2.37. The number of nitrogens with one attached hydrogen (secondary N) is 2. The van der Waals surface area contributed by atoms with Crippen LogP contribution >= 0.6 is 23.2 Å². The van der Waals surface area contributed by atoms with Gasteiger partial charge >= 0.3 is 0 Å². The van der Waals surface area contributed by atoms with Gasteiger partial charge in [-0.25, -0.2) is 9.97 Å². The maximum Gasteiger partial charge on any atom is 0.242 e. The summed E-state index contributed by atoms with van der Waals surface area (Å²) in [7, 11) is 0. The van der Waals surface area contributed by atoms with Gasteiger partial charge in [0.25, 0.3) is 0 Å². The Balaban J connectivity index is 1.92. The van der Waals surface area contributed by atoms with Gasteiger partial charge in [0.15, 0.2) is 0 Å². The fourth-order valence-corrected chi connectivity index (χ4v) is 2.30. The number of amides is 1. The zero-order valence-electron chi connectivity index (χ0n) is 12.2. The minimum absolute atomic E-state index is 0.151. The molecule has 0 saturated heterocycles. The van der Waals surface area contributed by atoms with E-state index >= 15 is 0 Å². The Hall–Kier alpha value is -1.85. The zero-order chi connectivity index (χ0) is 16.1. The van der Waals surface area contributed by atoms with Crippen LogP contribution < -0.4 is 10.6 Å². The van der Waals surface area contributed by atoms with Crippen molar-refractivity contribution in [3.63, 3.8) is 0 Å². The third-order valence-corrected chi connectivity index (χ3v) is 3.52. The molecule has 1 aromatic carbocycles. The van der Waals surface area contributed by atoms with E-state index in [1.165, 1.54) is 0 Å². The summed E-state index contributed by atoms with van der Waals surface area (Å²) in [6.45, 7) is 3.91. The van der Waals surface area contributed by atoms with E-state index in [0.29, 0.717) is 28.1 Å². The topological polar surface area (TPSA) is 66.9 Å². The van der Waals surface area contributed by atoms with E-state index in [-0.39, 0.29) is 5.91 Å². The number of aryl methyl sites for hydroxylation is 1. The number of anilines is 1. The van der Waals surface area contributed by atoms with Crippen molar-refractivity contribution in [1.82, 2.24) is 15.3 Å². The maximum absolute atomic E-state index is 12.1. The standard InChI is InChI=1S/C15H16Cl2N4O/c1-9(20-14-4-3-11(16)7-13(14)17)15(22)19-8-12-5-6-18-10(2)21-12/h3-7,9,20H,8H2,1-2H3,(H,19,22)/t9-/m1/s1. The predicted octanol–water partition coefficient (Wildman–Crippen LogP) is 3.21. The van der Waals surface area contributed by atoms with Crippen LogP contribution in [0.2, 0.25) is 10.0 Å². The fraction of sp³-hybridized carbons (Fsp3) is 0.267. The number of carbonyl (C=O) groups is 1. The molecule has 0 unspecified atom stereocenters. The average Bonchev–Trinajstić information content (AvgIpc) is 2.47. The van der Waals surface area contributed by atoms with Crippen LogP contribution in [-0.4, -0.2) is 21.9 Å². The summed E-state index contributed by atoms with van der Waals surface area (Å²) in [5, 5.41) is 6.88. The molecule has 5 nitrogen and oxygen atoms in total. The highest BCUT2D eigenvalue weighted by Crippen LogP contribution is 2.25. The summed E-state index contributed by atoms with van der Waals surface area (Å²) >= 11 is 11.9. The summed E-state index contributed by atoms with van der Waals surface area (Å²) < 4.78 is 0. The van der Waals surface area contributed by atoms with Gasteiger partial charge < -0.3 is 10.6 Å². The molecule has 2 aromatic rings. The van der Waals surface area contributed by atoms with Crippen molar-refractivity contribution in [3.8, 4) is 0 Å². The van der Waals surface area contributed by atoms with Crippen molar-refractivity contribution >= 4 is 34.8 Å². The highest BCUT2D eigenvalue weighted by molar-refractivity contribution is 6.36. The summed E-state index contributed by atoms with van der Waals surface area (Å²) in [6.07, 6.45) is 1.67. The van der Waals surface area contributed by atoms with Crippen molar-refractivity contribution < 1.29 is 4.79 Å². The van der Waals surface area contributed by atoms with Crippen LogP contribution in [0, 0.1) is 6.92 Å². The highest BCUT2D eigenvalue weighted by atomic mass is 35.5. The smallest absolute Gasteiger partial charge is 0.242 e. The van der Waals surface area contributed by atoms with Gasteiger partial charge in [0.05, 0.1) is 22.9 Å². The van der Waals surface area contributed by atoms with Crippen LogP contribution in [0.3, 0.4) is 0 Å². The molecule has 0 bridgehead atoms. The molecule has 0 aliphatic carbocycles. The normalized spacial score (nSPS) is 11.8. The van der Waals surface area contributed by atoms with Crippen LogP contribution in [-0.2, 0) is 11.3 Å². The second-order valence-corrected chi connectivity index (χ2v) is 5.65. The zero-order valence-corrected chi connectivity index (χ0v) is 13.7. The van der Waals surface area contributed by atoms with Gasteiger partial charge in [0.1, 0.15) is 11.9 Å².